The normalized spacial score (nSPS) is 12.0. The number of halogens is 1. The summed E-state index contributed by atoms with van der Waals surface area (Å²) in [5.74, 6) is 0.596. The molecule has 1 unspecified atom stereocenters. The second kappa shape index (κ2) is 6.96. The number of nitrogens with zero attached hydrogens (tertiary/aromatic N) is 1. The molecule has 0 aliphatic carbocycles. The molecule has 0 saturated heterocycles. The summed E-state index contributed by atoms with van der Waals surface area (Å²) in [4.78, 5) is 15.2. The molecule has 0 fully saturated rings. The predicted octanol–water partition coefficient (Wildman–Crippen LogP) is 4.14. The fourth-order valence-electron chi connectivity index (χ4n) is 1.94. The van der Waals surface area contributed by atoms with Crippen LogP contribution in [0.3, 0.4) is 0 Å². The summed E-state index contributed by atoms with van der Waals surface area (Å²) in [7, 11) is 1.79. The highest BCUT2D eigenvalue weighted by atomic mass is 35.5. The zero-order valence-corrected chi connectivity index (χ0v) is 13.9. The van der Waals surface area contributed by atoms with Gasteiger partial charge in [0.25, 0.3) is 5.91 Å². The van der Waals surface area contributed by atoms with Gasteiger partial charge in [-0.1, -0.05) is 11.6 Å². The molecule has 2 aromatic rings. The van der Waals surface area contributed by atoms with Crippen LogP contribution in [0, 0.1) is 6.92 Å². The number of ether oxygens (including phenoxy) is 1. The minimum absolute atomic E-state index is 0.0437. The number of carbonyl (C=O) groups is 1. The first-order valence-corrected chi connectivity index (χ1v) is 7.93. The molecule has 0 spiro atoms. The zero-order chi connectivity index (χ0) is 15.4. The van der Waals surface area contributed by atoms with E-state index < -0.39 is 6.10 Å². The lowest BCUT2D eigenvalue weighted by Gasteiger charge is -2.22. The van der Waals surface area contributed by atoms with Crippen LogP contribution >= 0.6 is 22.9 Å². The Morgan fingerprint density at radius 3 is 2.57 bits per heavy atom. The first-order valence-electron chi connectivity index (χ1n) is 6.67. The van der Waals surface area contributed by atoms with Crippen LogP contribution in [0.5, 0.6) is 5.75 Å². The van der Waals surface area contributed by atoms with Gasteiger partial charge in [0, 0.05) is 16.9 Å². The van der Waals surface area contributed by atoms with Crippen molar-refractivity contribution in [2.24, 2.45) is 0 Å². The monoisotopic (exact) mass is 323 g/mol. The van der Waals surface area contributed by atoms with Crippen LogP contribution in [0.2, 0.25) is 5.02 Å². The third kappa shape index (κ3) is 4.22. The molecular weight excluding hydrogens is 306 g/mol. The Hall–Kier alpha value is -1.52. The fraction of sp³-hybridized carbons (Fsp3) is 0.312. The summed E-state index contributed by atoms with van der Waals surface area (Å²) >= 11 is 7.49. The molecule has 1 aromatic heterocycles. The van der Waals surface area contributed by atoms with Gasteiger partial charge in [0.2, 0.25) is 0 Å². The van der Waals surface area contributed by atoms with E-state index in [1.165, 1.54) is 10.4 Å². The fourth-order valence-corrected chi connectivity index (χ4v) is 3.02. The van der Waals surface area contributed by atoms with E-state index in [9.17, 15) is 4.79 Å². The Morgan fingerprint density at radius 2 is 2.00 bits per heavy atom. The molecule has 1 atom stereocenters. The van der Waals surface area contributed by atoms with E-state index in [4.69, 9.17) is 16.3 Å². The number of amides is 1. The van der Waals surface area contributed by atoms with Gasteiger partial charge in [0.1, 0.15) is 5.75 Å². The third-order valence-electron chi connectivity index (χ3n) is 3.20. The van der Waals surface area contributed by atoms with E-state index in [0.717, 1.165) is 0 Å². The van der Waals surface area contributed by atoms with Crippen LogP contribution < -0.4 is 4.74 Å². The van der Waals surface area contributed by atoms with Gasteiger partial charge in [-0.2, -0.15) is 0 Å². The van der Waals surface area contributed by atoms with Crippen LogP contribution in [0.25, 0.3) is 0 Å². The van der Waals surface area contributed by atoms with Crippen LogP contribution in [-0.2, 0) is 11.3 Å². The van der Waals surface area contributed by atoms with Gasteiger partial charge in [0.05, 0.1) is 6.54 Å². The minimum Gasteiger partial charge on any atom is -0.481 e. The predicted molar refractivity (Wildman–Crippen MR) is 87.1 cm³/mol. The van der Waals surface area contributed by atoms with E-state index in [-0.39, 0.29) is 5.91 Å². The summed E-state index contributed by atoms with van der Waals surface area (Å²) in [5.41, 5.74) is 1.21. The van der Waals surface area contributed by atoms with Crippen molar-refractivity contribution in [1.29, 1.82) is 0 Å². The number of benzene rings is 1. The summed E-state index contributed by atoms with van der Waals surface area (Å²) in [5, 5.41) is 2.68. The van der Waals surface area contributed by atoms with Crippen molar-refractivity contribution in [2.45, 2.75) is 26.5 Å². The van der Waals surface area contributed by atoms with Crippen molar-refractivity contribution < 1.29 is 9.53 Å². The maximum Gasteiger partial charge on any atom is 0.263 e. The molecule has 0 aliphatic rings. The van der Waals surface area contributed by atoms with Crippen molar-refractivity contribution in [3.8, 4) is 5.75 Å². The Labute approximate surface area is 134 Å². The maximum atomic E-state index is 12.3. The van der Waals surface area contributed by atoms with Gasteiger partial charge in [-0.05, 0) is 55.1 Å². The first kappa shape index (κ1) is 15.9. The van der Waals surface area contributed by atoms with Crippen molar-refractivity contribution >= 4 is 28.8 Å². The van der Waals surface area contributed by atoms with Gasteiger partial charge < -0.3 is 9.64 Å². The van der Waals surface area contributed by atoms with Crippen molar-refractivity contribution in [2.75, 3.05) is 7.05 Å². The van der Waals surface area contributed by atoms with Gasteiger partial charge in [-0.15, -0.1) is 11.3 Å². The summed E-state index contributed by atoms with van der Waals surface area (Å²) in [6.45, 7) is 4.42. The van der Waals surface area contributed by atoms with Crippen molar-refractivity contribution in [3.05, 3.63) is 51.2 Å². The van der Waals surface area contributed by atoms with E-state index >= 15 is 0 Å². The smallest absolute Gasteiger partial charge is 0.263 e. The lowest BCUT2D eigenvalue weighted by molar-refractivity contribution is -0.137. The standard InChI is InChI=1S/C16H18ClNO2S/c1-11-8-9-21-15(11)10-18(3)16(19)12(2)20-14-6-4-13(17)5-7-14/h4-9,12H,10H2,1-3H3. The highest BCUT2D eigenvalue weighted by Crippen LogP contribution is 2.19. The van der Waals surface area contributed by atoms with Gasteiger partial charge >= 0.3 is 0 Å². The highest BCUT2D eigenvalue weighted by molar-refractivity contribution is 7.10. The average molecular weight is 324 g/mol. The van der Waals surface area contributed by atoms with E-state index in [2.05, 4.69) is 13.0 Å². The number of likely N-dealkylation sites (N-methyl/N-ethyl adjacent to an activating group) is 1. The van der Waals surface area contributed by atoms with Gasteiger partial charge in [0.15, 0.2) is 6.10 Å². The Bertz CT molecular complexity index is 609. The van der Waals surface area contributed by atoms with Crippen LogP contribution in [0.1, 0.15) is 17.4 Å². The molecule has 0 bridgehead atoms. The lowest BCUT2D eigenvalue weighted by Crippen LogP contribution is -2.37. The number of carbonyl (C=O) groups excluding carboxylic acids is 1. The quantitative estimate of drug-likeness (QED) is 0.827. The molecule has 0 aliphatic heterocycles. The van der Waals surface area contributed by atoms with Crippen LogP contribution in [-0.4, -0.2) is 24.0 Å². The Kier molecular flexibility index (Phi) is 5.26. The summed E-state index contributed by atoms with van der Waals surface area (Å²) in [6, 6.07) is 9.07. The first-order chi connectivity index (χ1) is 9.97. The summed E-state index contributed by atoms with van der Waals surface area (Å²) in [6.07, 6.45) is -0.531. The number of hydrogen-bond donors (Lipinski definition) is 0. The highest BCUT2D eigenvalue weighted by Gasteiger charge is 2.20. The Balaban J connectivity index is 1.95. The molecule has 0 saturated carbocycles. The number of aryl methyl sites for hydroxylation is 1. The molecule has 3 nitrogen and oxygen atoms in total. The number of rotatable bonds is 5. The molecule has 1 aromatic carbocycles. The molecule has 1 heterocycles. The molecule has 0 N–H and O–H groups in total. The van der Waals surface area contributed by atoms with Crippen LogP contribution in [0.15, 0.2) is 35.7 Å². The molecular formula is C16H18ClNO2S. The number of hydrogen-bond acceptors (Lipinski definition) is 3. The van der Waals surface area contributed by atoms with E-state index in [0.29, 0.717) is 17.3 Å². The van der Waals surface area contributed by atoms with Gasteiger partial charge in [-0.25, -0.2) is 0 Å². The second-order valence-corrected chi connectivity index (χ2v) is 6.37. The zero-order valence-electron chi connectivity index (χ0n) is 12.3. The van der Waals surface area contributed by atoms with Crippen LogP contribution in [0.4, 0.5) is 0 Å². The molecule has 21 heavy (non-hydrogen) atoms. The SMILES string of the molecule is Cc1ccsc1CN(C)C(=O)C(C)Oc1ccc(Cl)cc1. The van der Waals surface area contributed by atoms with E-state index in [1.54, 1.807) is 54.5 Å². The van der Waals surface area contributed by atoms with Gasteiger partial charge in [-0.3, -0.25) is 4.79 Å². The number of thiophene rings is 1. The second-order valence-electron chi connectivity index (χ2n) is 4.94. The lowest BCUT2D eigenvalue weighted by atomic mass is 10.2. The largest absolute Gasteiger partial charge is 0.481 e. The van der Waals surface area contributed by atoms with Crippen molar-refractivity contribution in [3.63, 3.8) is 0 Å². The van der Waals surface area contributed by atoms with Crippen molar-refractivity contribution in [1.82, 2.24) is 4.90 Å². The Morgan fingerprint density at radius 1 is 1.33 bits per heavy atom. The topological polar surface area (TPSA) is 29.5 Å². The third-order valence-corrected chi connectivity index (χ3v) is 4.46. The average Bonchev–Trinajstić information content (AvgIpc) is 2.86. The van der Waals surface area contributed by atoms with E-state index in [1.807, 2.05) is 5.38 Å². The molecule has 2 rings (SSSR count). The summed E-state index contributed by atoms with van der Waals surface area (Å²) < 4.78 is 5.66. The maximum absolute atomic E-state index is 12.3. The molecule has 1 amide bonds. The molecule has 0 radical (unpaired) electrons. The molecule has 112 valence electrons. The minimum atomic E-state index is -0.531. The molecule has 5 heteroatoms.